The van der Waals surface area contributed by atoms with Crippen molar-refractivity contribution in [2.24, 2.45) is 11.8 Å². The minimum absolute atomic E-state index is 0.000889. The predicted molar refractivity (Wildman–Crippen MR) is 127 cm³/mol. The predicted octanol–water partition coefficient (Wildman–Crippen LogP) is 1.31. The molecule has 0 aliphatic carbocycles. The Morgan fingerprint density at radius 1 is 1.26 bits per heavy atom. The number of aliphatic hydroxyl groups is 1. The molecule has 0 bridgehead atoms. The maximum atomic E-state index is 13.0. The first-order valence-electron chi connectivity index (χ1n) is 11.4. The summed E-state index contributed by atoms with van der Waals surface area (Å²) in [5.74, 6) is -2.21. The molecular formula is C24H31N3O6S. The van der Waals surface area contributed by atoms with E-state index in [1.807, 2.05) is 24.0 Å². The van der Waals surface area contributed by atoms with E-state index in [1.165, 1.54) is 16.7 Å². The van der Waals surface area contributed by atoms with Gasteiger partial charge in [0.15, 0.2) is 0 Å². The summed E-state index contributed by atoms with van der Waals surface area (Å²) in [6.07, 6.45) is -0.324. The van der Waals surface area contributed by atoms with Crippen LogP contribution in [0.2, 0.25) is 0 Å². The Morgan fingerprint density at radius 2 is 1.94 bits per heavy atom. The molecule has 0 unspecified atom stereocenters. The first-order valence-corrected chi connectivity index (χ1v) is 12.3. The Labute approximate surface area is 203 Å². The highest BCUT2D eigenvalue weighted by molar-refractivity contribution is 8.03. The van der Waals surface area contributed by atoms with Crippen LogP contribution >= 0.6 is 11.8 Å². The number of fused-ring (bicyclic) bond motifs is 1. The van der Waals surface area contributed by atoms with Gasteiger partial charge in [-0.25, -0.2) is 4.79 Å². The number of carboxylic acid groups (broad SMARTS) is 1. The normalized spacial score (nSPS) is 29.7. The third-order valence-corrected chi connectivity index (χ3v) is 8.55. The van der Waals surface area contributed by atoms with Gasteiger partial charge >= 0.3 is 5.97 Å². The summed E-state index contributed by atoms with van der Waals surface area (Å²) in [6, 6.07) is 6.26. The standard InChI is InChI=1S/C24H31N3O6S/c1-12-19-18(13(2)28)23(31)27(19)20(24(32)33)21(12)34-15-9-16(22(30)25(3)4)26(11-15)10-14-7-5-6-8-17(14)29/h5-8,12-13,15-16,18-19,28-29H,9-11H2,1-4H3,(H,32,33)/t12-,13-,15+,16+,18-,19-/m1/s1. The van der Waals surface area contributed by atoms with Crippen LogP contribution in [0.15, 0.2) is 34.9 Å². The number of nitrogens with zero attached hydrogens (tertiary/aromatic N) is 3. The number of likely N-dealkylation sites (tertiary alicyclic amines) is 1. The fourth-order valence-corrected chi connectivity index (χ4v) is 6.95. The molecule has 3 heterocycles. The van der Waals surface area contributed by atoms with E-state index in [1.54, 1.807) is 38.1 Å². The number of hydrogen-bond donors (Lipinski definition) is 3. The van der Waals surface area contributed by atoms with Crippen LogP contribution in [-0.2, 0) is 20.9 Å². The van der Waals surface area contributed by atoms with Gasteiger partial charge in [-0.3, -0.25) is 14.5 Å². The molecule has 2 saturated heterocycles. The number of aliphatic carboxylic acids is 1. The molecule has 6 atom stereocenters. The van der Waals surface area contributed by atoms with Crippen LogP contribution in [-0.4, -0.2) is 91.9 Å². The van der Waals surface area contributed by atoms with Gasteiger partial charge in [-0.05, 0) is 19.4 Å². The average molecular weight is 490 g/mol. The largest absolute Gasteiger partial charge is 0.508 e. The maximum absolute atomic E-state index is 13.0. The number of β-lactam (4-membered cyclic amide) rings is 1. The number of amides is 2. The first kappa shape index (κ1) is 24.6. The zero-order chi connectivity index (χ0) is 24.9. The van der Waals surface area contributed by atoms with Gasteiger partial charge in [0.25, 0.3) is 0 Å². The molecule has 184 valence electrons. The zero-order valence-electron chi connectivity index (χ0n) is 19.7. The Kier molecular flexibility index (Phi) is 6.67. The minimum atomic E-state index is -1.15. The van der Waals surface area contributed by atoms with Crippen LogP contribution < -0.4 is 0 Å². The lowest BCUT2D eigenvalue weighted by molar-refractivity contribution is -0.163. The second-order valence-corrected chi connectivity index (χ2v) is 10.9. The van der Waals surface area contributed by atoms with Crippen LogP contribution in [0, 0.1) is 11.8 Å². The number of para-hydroxylation sites is 1. The second kappa shape index (κ2) is 9.24. The third-order valence-electron chi connectivity index (χ3n) is 7.06. The molecule has 1 aromatic rings. The van der Waals surface area contributed by atoms with E-state index >= 15 is 0 Å². The van der Waals surface area contributed by atoms with Crippen molar-refractivity contribution in [3.63, 3.8) is 0 Å². The summed E-state index contributed by atoms with van der Waals surface area (Å²) in [5, 5.41) is 30.1. The molecule has 10 heteroatoms. The summed E-state index contributed by atoms with van der Waals surface area (Å²) < 4.78 is 0. The topological polar surface area (TPSA) is 122 Å². The Hall–Kier alpha value is -2.56. The molecule has 0 saturated carbocycles. The summed E-state index contributed by atoms with van der Waals surface area (Å²) in [6.45, 7) is 4.38. The van der Waals surface area contributed by atoms with E-state index in [0.29, 0.717) is 24.4 Å². The highest BCUT2D eigenvalue weighted by Gasteiger charge is 2.60. The van der Waals surface area contributed by atoms with Crippen LogP contribution in [0.1, 0.15) is 25.8 Å². The van der Waals surface area contributed by atoms with Crippen molar-refractivity contribution in [3.05, 3.63) is 40.4 Å². The van der Waals surface area contributed by atoms with Gasteiger partial charge in [-0.15, -0.1) is 11.8 Å². The van der Waals surface area contributed by atoms with E-state index in [-0.39, 0.29) is 40.5 Å². The van der Waals surface area contributed by atoms with E-state index in [2.05, 4.69) is 0 Å². The molecule has 4 rings (SSSR count). The monoisotopic (exact) mass is 489 g/mol. The van der Waals surface area contributed by atoms with Crippen LogP contribution in [0.4, 0.5) is 0 Å². The van der Waals surface area contributed by atoms with Gasteiger partial charge in [0.1, 0.15) is 11.4 Å². The molecule has 0 spiro atoms. The summed E-state index contributed by atoms with van der Waals surface area (Å²) >= 11 is 1.42. The number of aromatic hydroxyl groups is 1. The van der Waals surface area contributed by atoms with Gasteiger partial charge < -0.3 is 25.1 Å². The molecule has 9 nitrogen and oxygen atoms in total. The van der Waals surface area contributed by atoms with Crippen molar-refractivity contribution in [3.8, 4) is 5.75 Å². The second-order valence-electron chi connectivity index (χ2n) is 9.55. The number of hydrogen-bond acceptors (Lipinski definition) is 7. The zero-order valence-corrected chi connectivity index (χ0v) is 20.5. The summed E-state index contributed by atoms with van der Waals surface area (Å²) in [5.41, 5.74) is 0.720. The number of rotatable bonds is 7. The number of phenolic OH excluding ortho intramolecular Hbond substituents is 1. The van der Waals surface area contributed by atoms with Crippen LogP contribution in [0.3, 0.4) is 0 Å². The number of thioether (sulfide) groups is 1. The number of carboxylic acids is 1. The molecule has 2 fully saturated rings. The molecule has 0 aromatic heterocycles. The first-order chi connectivity index (χ1) is 16.0. The fourth-order valence-electron chi connectivity index (χ4n) is 5.40. The van der Waals surface area contributed by atoms with Crippen molar-refractivity contribution in [1.29, 1.82) is 0 Å². The molecule has 2 amide bonds. The third kappa shape index (κ3) is 4.08. The number of carbonyl (C=O) groups is 3. The van der Waals surface area contributed by atoms with Gasteiger partial charge in [-0.2, -0.15) is 0 Å². The lowest BCUT2D eigenvalue weighted by Gasteiger charge is -2.46. The highest BCUT2D eigenvalue weighted by atomic mass is 32.2. The summed E-state index contributed by atoms with van der Waals surface area (Å²) in [4.78, 5) is 43.2. The molecular weight excluding hydrogens is 458 g/mol. The van der Waals surface area contributed by atoms with E-state index in [4.69, 9.17) is 0 Å². The van der Waals surface area contributed by atoms with Crippen molar-refractivity contribution in [2.45, 2.75) is 50.3 Å². The van der Waals surface area contributed by atoms with Crippen molar-refractivity contribution in [1.82, 2.24) is 14.7 Å². The molecule has 1 aromatic carbocycles. The molecule has 3 N–H and O–H groups in total. The van der Waals surface area contributed by atoms with Gasteiger partial charge in [0.2, 0.25) is 11.8 Å². The van der Waals surface area contributed by atoms with Crippen molar-refractivity contribution in [2.75, 3.05) is 20.6 Å². The van der Waals surface area contributed by atoms with Crippen LogP contribution in [0.25, 0.3) is 0 Å². The van der Waals surface area contributed by atoms with Crippen molar-refractivity contribution >= 4 is 29.5 Å². The number of phenols is 1. The number of carbonyl (C=O) groups excluding carboxylic acids is 2. The Morgan fingerprint density at radius 3 is 2.53 bits per heavy atom. The number of aliphatic hydroxyl groups excluding tert-OH is 1. The highest BCUT2D eigenvalue weighted by Crippen LogP contribution is 2.52. The number of likely N-dealkylation sites (N-methyl/N-ethyl adjacent to an activating group) is 1. The molecule has 0 radical (unpaired) electrons. The molecule has 3 aliphatic heterocycles. The Balaban J connectivity index is 1.58. The van der Waals surface area contributed by atoms with E-state index in [9.17, 15) is 29.7 Å². The summed E-state index contributed by atoms with van der Waals surface area (Å²) in [7, 11) is 3.41. The molecule has 3 aliphatic rings. The quantitative estimate of drug-likeness (QED) is 0.490. The van der Waals surface area contributed by atoms with Gasteiger partial charge in [-0.1, -0.05) is 25.1 Å². The fraction of sp³-hybridized carbons (Fsp3) is 0.542. The molecule has 34 heavy (non-hydrogen) atoms. The SMILES string of the molecule is C[C@@H](O)[C@H]1C(=O)N2C(C(=O)O)=C(S[C@H]3C[C@@H](C(=O)N(C)C)N(Cc4ccccc4O)C3)[C@H](C)[C@H]12. The smallest absolute Gasteiger partial charge is 0.353 e. The minimum Gasteiger partial charge on any atom is -0.508 e. The Bertz CT molecular complexity index is 1040. The maximum Gasteiger partial charge on any atom is 0.353 e. The van der Waals surface area contributed by atoms with Gasteiger partial charge in [0.05, 0.1) is 24.1 Å². The number of benzene rings is 1. The van der Waals surface area contributed by atoms with E-state index in [0.717, 1.165) is 5.56 Å². The van der Waals surface area contributed by atoms with Crippen LogP contribution in [0.5, 0.6) is 5.75 Å². The average Bonchev–Trinajstić information content (AvgIpc) is 3.26. The van der Waals surface area contributed by atoms with Crippen molar-refractivity contribution < 1.29 is 29.7 Å². The van der Waals surface area contributed by atoms with E-state index < -0.39 is 24.0 Å². The lowest BCUT2D eigenvalue weighted by atomic mass is 9.79. The lowest BCUT2D eigenvalue weighted by Crippen LogP contribution is -2.63. The van der Waals surface area contributed by atoms with Gasteiger partial charge in [0, 0.05) is 48.8 Å².